The lowest BCUT2D eigenvalue weighted by molar-refractivity contribution is 0.118. The van der Waals surface area contributed by atoms with Crippen molar-refractivity contribution < 1.29 is 4.74 Å². The van der Waals surface area contributed by atoms with Gasteiger partial charge in [0.1, 0.15) is 0 Å². The van der Waals surface area contributed by atoms with E-state index < -0.39 is 0 Å². The van der Waals surface area contributed by atoms with Crippen molar-refractivity contribution in [2.24, 2.45) is 5.73 Å². The largest absolute Gasteiger partial charge is 0.376 e. The van der Waals surface area contributed by atoms with Gasteiger partial charge in [-0.3, -0.25) is 0 Å². The van der Waals surface area contributed by atoms with Crippen molar-refractivity contribution in [3.8, 4) is 0 Å². The van der Waals surface area contributed by atoms with Gasteiger partial charge in [0.05, 0.1) is 17.8 Å². The van der Waals surface area contributed by atoms with E-state index >= 15 is 0 Å². The van der Waals surface area contributed by atoms with Gasteiger partial charge in [0.25, 0.3) is 0 Å². The molecule has 2 unspecified atom stereocenters. The summed E-state index contributed by atoms with van der Waals surface area (Å²) in [6, 6.07) is 0.354. The molecule has 0 radical (unpaired) electrons. The molecule has 2 N–H and O–H groups in total. The Morgan fingerprint density at radius 1 is 1.25 bits per heavy atom. The molecule has 2 atom stereocenters. The normalized spacial score (nSPS) is 22.2. The third-order valence-corrected chi connectivity index (χ3v) is 4.31. The lowest BCUT2D eigenvalue weighted by atomic mass is 10.0. The minimum absolute atomic E-state index is 0.225. The maximum Gasteiger partial charge on any atom is 0.156 e. The molecular weight excluding hydrogens is 252 g/mol. The van der Waals surface area contributed by atoms with Crippen LogP contribution in [0.1, 0.15) is 44.0 Å². The van der Waals surface area contributed by atoms with Crippen molar-refractivity contribution in [2.45, 2.75) is 58.7 Å². The van der Waals surface area contributed by atoms with E-state index in [1.807, 2.05) is 0 Å². The number of aryl methyl sites for hydroxylation is 1. The van der Waals surface area contributed by atoms with Crippen molar-refractivity contribution in [3.05, 3.63) is 16.8 Å². The number of likely N-dealkylation sites (N-methyl/N-ethyl adjacent to an activating group) is 1. The molecule has 1 fully saturated rings. The highest BCUT2D eigenvalue weighted by molar-refractivity contribution is 5.52. The highest BCUT2D eigenvalue weighted by atomic mass is 16.5. The molecule has 5 nitrogen and oxygen atoms in total. The first kappa shape index (κ1) is 15.2. The van der Waals surface area contributed by atoms with Crippen molar-refractivity contribution in [3.63, 3.8) is 0 Å². The van der Waals surface area contributed by atoms with E-state index in [4.69, 9.17) is 10.5 Å². The number of nitrogens with zero attached hydrogens (tertiary/aromatic N) is 3. The number of hydrogen-bond donors (Lipinski definition) is 1. The van der Waals surface area contributed by atoms with Crippen LogP contribution in [0.4, 0.5) is 5.82 Å². The fourth-order valence-electron chi connectivity index (χ4n) is 3.12. The predicted molar refractivity (Wildman–Crippen MR) is 80.9 cm³/mol. The average Bonchev–Trinajstić information content (AvgIpc) is 2.90. The van der Waals surface area contributed by atoms with E-state index in [-0.39, 0.29) is 6.10 Å². The molecule has 0 spiro atoms. The molecule has 2 rings (SSSR count). The van der Waals surface area contributed by atoms with E-state index in [0.717, 1.165) is 42.9 Å². The van der Waals surface area contributed by atoms with E-state index in [2.05, 4.69) is 42.9 Å². The Balaban J connectivity index is 2.40. The maximum absolute atomic E-state index is 6.00. The smallest absolute Gasteiger partial charge is 0.156 e. The second-order valence-corrected chi connectivity index (χ2v) is 5.38. The first-order valence-corrected chi connectivity index (χ1v) is 7.55. The molecule has 0 saturated carbocycles. The van der Waals surface area contributed by atoms with Gasteiger partial charge in [-0.1, -0.05) is 13.8 Å². The Bertz CT molecular complexity index is 463. The standard InChI is InChI=1S/C15H26N4O/c1-5-11-12(9-16)15(18-17-13(11)6-2)19(4)14-7-8-20-10(14)3/h10,14H,5-9,16H2,1-4H3. The first-order chi connectivity index (χ1) is 9.63. The van der Waals surface area contributed by atoms with E-state index in [0.29, 0.717) is 12.6 Å². The predicted octanol–water partition coefficient (Wildman–Crippen LogP) is 1.67. The summed E-state index contributed by atoms with van der Waals surface area (Å²) in [4.78, 5) is 2.20. The van der Waals surface area contributed by atoms with Crippen molar-refractivity contribution in [2.75, 3.05) is 18.6 Å². The summed E-state index contributed by atoms with van der Waals surface area (Å²) in [6.07, 6.45) is 3.10. The van der Waals surface area contributed by atoms with E-state index in [1.54, 1.807) is 0 Å². The molecule has 1 aromatic heterocycles. The Kier molecular flexibility index (Phi) is 4.94. The lowest BCUT2D eigenvalue weighted by Crippen LogP contribution is -2.38. The van der Waals surface area contributed by atoms with Crippen molar-refractivity contribution in [1.82, 2.24) is 10.2 Å². The van der Waals surface area contributed by atoms with Gasteiger partial charge in [-0.15, -0.1) is 5.10 Å². The highest BCUT2D eigenvalue weighted by Gasteiger charge is 2.30. The average molecular weight is 278 g/mol. The van der Waals surface area contributed by atoms with Gasteiger partial charge < -0.3 is 15.4 Å². The van der Waals surface area contributed by atoms with Gasteiger partial charge in [0.15, 0.2) is 5.82 Å². The number of hydrogen-bond acceptors (Lipinski definition) is 5. The summed E-state index contributed by atoms with van der Waals surface area (Å²) in [5.41, 5.74) is 9.47. The van der Waals surface area contributed by atoms with E-state index in [9.17, 15) is 0 Å². The third kappa shape index (κ3) is 2.65. The zero-order valence-electron chi connectivity index (χ0n) is 13.0. The number of aromatic nitrogens is 2. The Morgan fingerprint density at radius 2 is 2.00 bits per heavy atom. The zero-order chi connectivity index (χ0) is 14.7. The molecule has 0 aliphatic carbocycles. The van der Waals surface area contributed by atoms with Gasteiger partial charge in [0.2, 0.25) is 0 Å². The molecular formula is C15H26N4O. The molecule has 0 amide bonds. The molecule has 1 aromatic rings. The lowest BCUT2D eigenvalue weighted by Gasteiger charge is -2.30. The molecule has 5 heteroatoms. The first-order valence-electron chi connectivity index (χ1n) is 7.55. The highest BCUT2D eigenvalue weighted by Crippen LogP contribution is 2.28. The fourth-order valence-corrected chi connectivity index (χ4v) is 3.12. The minimum atomic E-state index is 0.225. The van der Waals surface area contributed by atoms with Crippen molar-refractivity contribution >= 4 is 5.82 Å². The van der Waals surface area contributed by atoms with Crippen LogP contribution < -0.4 is 10.6 Å². The third-order valence-electron chi connectivity index (χ3n) is 4.31. The summed E-state index contributed by atoms with van der Waals surface area (Å²) in [5.74, 6) is 0.920. The molecule has 20 heavy (non-hydrogen) atoms. The molecule has 1 aliphatic heterocycles. The number of ether oxygens (including phenoxy) is 1. The summed E-state index contributed by atoms with van der Waals surface area (Å²) in [7, 11) is 2.07. The van der Waals surface area contributed by atoms with Gasteiger partial charge >= 0.3 is 0 Å². The van der Waals surface area contributed by atoms with Crippen molar-refractivity contribution in [1.29, 1.82) is 0 Å². The van der Waals surface area contributed by atoms with Crippen LogP contribution in [0, 0.1) is 0 Å². The number of nitrogens with two attached hydrogens (primary N) is 1. The van der Waals surface area contributed by atoms with Crippen LogP contribution in [0.3, 0.4) is 0 Å². The summed E-state index contributed by atoms with van der Waals surface area (Å²) in [6.45, 7) is 7.70. The molecule has 0 aromatic carbocycles. The number of anilines is 1. The second-order valence-electron chi connectivity index (χ2n) is 5.38. The molecule has 1 saturated heterocycles. The quantitative estimate of drug-likeness (QED) is 0.887. The Morgan fingerprint density at radius 3 is 2.50 bits per heavy atom. The van der Waals surface area contributed by atoms with Crippen LogP contribution in [-0.4, -0.2) is 36.0 Å². The van der Waals surface area contributed by atoms with Gasteiger partial charge in [-0.05, 0) is 31.7 Å². The second kappa shape index (κ2) is 6.50. The SMILES string of the molecule is CCc1nnc(N(C)C2CCOC2C)c(CN)c1CC. The minimum Gasteiger partial charge on any atom is -0.376 e. The maximum atomic E-state index is 6.00. The van der Waals surface area contributed by atoms with Crippen LogP contribution >= 0.6 is 0 Å². The summed E-state index contributed by atoms with van der Waals surface area (Å²) >= 11 is 0. The monoisotopic (exact) mass is 278 g/mol. The fraction of sp³-hybridized carbons (Fsp3) is 0.733. The zero-order valence-corrected chi connectivity index (χ0v) is 13.0. The molecule has 2 heterocycles. The van der Waals surface area contributed by atoms with E-state index in [1.165, 1.54) is 5.56 Å². The summed E-state index contributed by atoms with van der Waals surface area (Å²) < 4.78 is 5.66. The molecule has 112 valence electrons. The van der Waals surface area contributed by atoms with Gasteiger partial charge in [0, 0.05) is 25.8 Å². The summed E-state index contributed by atoms with van der Waals surface area (Å²) in [5, 5.41) is 8.85. The Labute approximate surface area is 121 Å². The van der Waals surface area contributed by atoms with Crippen LogP contribution in [0.5, 0.6) is 0 Å². The number of rotatable bonds is 5. The topological polar surface area (TPSA) is 64.3 Å². The van der Waals surface area contributed by atoms with Gasteiger partial charge in [-0.2, -0.15) is 5.10 Å². The molecule has 1 aliphatic rings. The van der Waals surface area contributed by atoms with Gasteiger partial charge in [-0.25, -0.2) is 0 Å². The van der Waals surface area contributed by atoms with Crippen LogP contribution in [0.25, 0.3) is 0 Å². The molecule has 0 bridgehead atoms. The van der Waals surface area contributed by atoms with Crippen LogP contribution in [0.2, 0.25) is 0 Å². The van der Waals surface area contributed by atoms with Crippen LogP contribution in [0.15, 0.2) is 0 Å². The Hall–Kier alpha value is -1.20. The van der Waals surface area contributed by atoms with Crippen LogP contribution in [-0.2, 0) is 24.1 Å².